The van der Waals surface area contributed by atoms with Crippen LogP contribution in [-0.2, 0) is 19.6 Å². The number of sulfonamides is 1. The van der Waals surface area contributed by atoms with Gasteiger partial charge in [0, 0.05) is 23.7 Å². The van der Waals surface area contributed by atoms with Crippen LogP contribution in [0.2, 0.25) is 5.02 Å². The summed E-state index contributed by atoms with van der Waals surface area (Å²) in [6, 6.07) is 13.6. The van der Waals surface area contributed by atoms with Gasteiger partial charge in [-0.1, -0.05) is 29.8 Å². The number of benzene rings is 2. The van der Waals surface area contributed by atoms with Gasteiger partial charge in [-0.25, -0.2) is 8.42 Å². The molecule has 3 N–H and O–H groups in total. The van der Waals surface area contributed by atoms with E-state index in [1.165, 1.54) is 19.1 Å². The Morgan fingerprint density at radius 3 is 2.32 bits per heavy atom. The number of hydrogen-bond acceptors (Lipinski definition) is 4. The maximum Gasteiger partial charge on any atom is 0.241 e. The maximum atomic E-state index is 12.2. The molecule has 7 nitrogen and oxygen atoms in total. The summed E-state index contributed by atoms with van der Waals surface area (Å²) in [5.41, 5.74) is 0.641. The van der Waals surface area contributed by atoms with Crippen molar-refractivity contribution in [1.29, 1.82) is 0 Å². The summed E-state index contributed by atoms with van der Waals surface area (Å²) in [7, 11) is -3.77. The Labute approximate surface area is 169 Å². The molecule has 2 aromatic carbocycles. The standard InChI is InChI=1S/C19H22ClN3O4S/c1-14(23-28(26,27)17-6-3-2-4-7-17)19(25)21-13-5-8-18(24)22-16-11-9-15(20)10-12-16/h2-4,6-7,9-12,14,23H,5,8,13H2,1H3,(H,21,25)(H,22,24)/t14-/m0/s1. The van der Waals surface area contributed by atoms with E-state index < -0.39 is 22.0 Å². The molecule has 9 heteroatoms. The zero-order valence-corrected chi connectivity index (χ0v) is 16.9. The van der Waals surface area contributed by atoms with E-state index in [0.29, 0.717) is 17.1 Å². The van der Waals surface area contributed by atoms with Gasteiger partial charge in [-0.15, -0.1) is 0 Å². The predicted octanol–water partition coefficient (Wildman–Crippen LogP) is 2.54. The molecule has 0 aliphatic carbocycles. The SMILES string of the molecule is C[C@H](NS(=O)(=O)c1ccccc1)C(=O)NCCCC(=O)Nc1ccc(Cl)cc1. The van der Waals surface area contributed by atoms with Gasteiger partial charge in [0.15, 0.2) is 0 Å². The smallest absolute Gasteiger partial charge is 0.241 e. The van der Waals surface area contributed by atoms with Crippen molar-refractivity contribution in [2.45, 2.75) is 30.7 Å². The monoisotopic (exact) mass is 423 g/mol. The van der Waals surface area contributed by atoms with Crippen LogP contribution >= 0.6 is 11.6 Å². The normalized spacial score (nSPS) is 12.2. The molecule has 2 rings (SSSR count). The Hall–Kier alpha value is -2.42. The molecule has 28 heavy (non-hydrogen) atoms. The fourth-order valence-electron chi connectivity index (χ4n) is 2.32. The van der Waals surface area contributed by atoms with Gasteiger partial charge in [-0.2, -0.15) is 4.72 Å². The highest BCUT2D eigenvalue weighted by atomic mass is 35.5. The minimum atomic E-state index is -3.77. The van der Waals surface area contributed by atoms with Crippen molar-refractivity contribution in [3.8, 4) is 0 Å². The molecule has 0 aromatic heterocycles. The largest absolute Gasteiger partial charge is 0.355 e. The fraction of sp³-hybridized carbons (Fsp3) is 0.263. The summed E-state index contributed by atoms with van der Waals surface area (Å²) in [6.45, 7) is 1.72. The number of anilines is 1. The molecule has 0 heterocycles. The number of carbonyl (C=O) groups is 2. The van der Waals surface area contributed by atoms with E-state index in [4.69, 9.17) is 11.6 Å². The summed E-state index contributed by atoms with van der Waals surface area (Å²) in [4.78, 5) is 24.0. The van der Waals surface area contributed by atoms with Crippen LogP contribution in [0.1, 0.15) is 19.8 Å². The quantitative estimate of drug-likeness (QED) is 0.539. The third-order valence-corrected chi connectivity index (χ3v) is 5.60. The first kappa shape index (κ1) is 21.9. The molecule has 2 amide bonds. The molecule has 0 aliphatic rings. The third-order valence-electron chi connectivity index (χ3n) is 3.79. The van der Waals surface area contributed by atoms with Gasteiger partial charge in [-0.3, -0.25) is 9.59 Å². The maximum absolute atomic E-state index is 12.2. The molecule has 150 valence electrons. The van der Waals surface area contributed by atoms with Gasteiger partial charge in [0.1, 0.15) is 0 Å². The molecule has 0 unspecified atom stereocenters. The van der Waals surface area contributed by atoms with Crippen molar-refractivity contribution in [3.63, 3.8) is 0 Å². The lowest BCUT2D eigenvalue weighted by Gasteiger charge is -2.14. The molecule has 0 bridgehead atoms. The van der Waals surface area contributed by atoms with Gasteiger partial charge in [0.05, 0.1) is 10.9 Å². The Bertz CT molecular complexity index is 903. The molecule has 1 atom stereocenters. The predicted molar refractivity (Wildman–Crippen MR) is 109 cm³/mol. The van der Waals surface area contributed by atoms with Gasteiger partial charge < -0.3 is 10.6 Å². The van der Waals surface area contributed by atoms with Crippen molar-refractivity contribution in [2.24, 2.45) is 0 Å². The van der Waals surface area contributed by atoms with Gasteiger partial charge in [0.2, 0.25) is 21.8 Å². The second-order valence-corrected chi connectivity index (χ2v) is 8.26. The highest BCUT2D eigenvalue weighted by Crippen LogP contribution is 2.13. The molecule has 0 saturated carbocycles. The number of carbonyl (C=O) groups excluding carboxylic acids is 2. The molecule has 0 saturated heterocycles. The number of rotatable bonds is 9. The summed E-state index contributed by atoms with van der Waals surface area (Å²) in [5.74, 6) is -0.646. The summed E-state index contributed by atoms with van der Waals surface area (Å²) in [5, 5.41) is 5.93. The Balaban J connectivity index is 1.71. The van der Waals surface area contributed by atoms with Crippen molar-refractivity contribution in [1.82, 2.24) is 10.0 Å². The van der Waals surface area contributed by atoms with Crippen LogP contribution in [-0.4, -0.2) is 32.8 Å². The average Bonchev–Trinajstić information content (AvgIpc) is 2.67. The molecular weight excluding hydrogens is 402 g/mol. The second kappa shape index (κ2) is 10.2. The zero-order chi connectivity index (χ0) is 20.6. The van der Waals surface area contributed by atoms with E-state index in [1.54, 1.807) is 42.5 Å². The lowest BCUT2D eigenvalue weighted by molar-refractivity contribution is -0.122. The van der Waals surface area contributed by atoms with E-state index in [2.05, 4.69) is 15.4 Å². The topological polar surface area (TPSA) is 104 Å². The van der Waals surface area contributed by atoms with Crippen LogP contribution in [0.25, 0.3) is 0 Å². The zero-order valence-electron chi connectivity index (χ0n) is 15.3. The first-order valence-electron chi connectivity index (χ1n) is 8.68. The van der Waals surface area contributed by atoms with Gasteiger partial charge in [0.25, 0.3) is 0 Å². The number of hydrogen-bond donors (Lipinski definition) is 3. The van der Waals surface area contributed by atoms with Crippen LogP contribution in [0, 0.1) is 0 Å². The minimum absolute atomic E-state index is 0.0912. The van der Waals surface area contributed by atoms with E-state index in [-0.39, 0.29) is 23.8 Å². The number of nitrogens with one attached hydrogen (secondary N) is 3. The molecule has 0 spiro atoms. The van der Waals surface area contributed by atoms with Gasteiger partial charge in [-0.05, 0) is 49.7 Å². The summed E-state index contributed by atoms with van der Waals surface area (Å²) >= 11 is 5.78. The molecular formula is C19H22ClN3O4S. The average molecular weight is 424 g/mol. The summed E-state index contributed by atoms with van der Waals surface area (Å²) in [6.07, 6.45) is 0.635. The highest BCUT2D eigenvalue weighted by Gasteiger charge is 2.21. The Kier molecular flexibility index (Phi) is 7.98. The highest BCUT2D eigenvalue weighted by molar-refractivity contribution is 7.89. The van der Waals surface area contributed by atoms with Gasteiger partial charge >= 0.3 is 0 Å². The van der Waals surface area contributed by atoms with E-state index in [1.807, 2.05) is 0 Å². The first-order chi connectivity index (χ1) is 13.3. The summed E-state index contributed by atoms with van der Waals surface area (Å²) < 4.78 is 26.7. The number of halogens is 1. The molecule has 0 aliphatic heterocycles. The van der Waals surface area contributed by atoms with E-state index >= 15 is 0 Å². The third kappa shape index (κ3) is 6.95. The van der Waals surface area contributed by atoms with Crippen LogP contribution in [0.5, 0.6) is 0 Å². The van der Waals surface area contributed by atoms with Crippen LogP contribution in [0.3, 0.4) is 0 Å². The fourth-order valence-corrected chi connectivity index (χ4v) is 3.67. The van der Waals surface area contributed by atoms with Crippen LogP contribution < -0.4 is 15.4 Å². The Morgan fingerprint density at radius 2 is 1.68 bits per heavy atom. The van der Waals surface area contributed by atoms with Crippen molar-refractivity contribution >= 4 is 39.1 Å². The van der Waals surface area contributed by atoms with Crippen molar-refractivity contribution in [2.75, 3.05) is 11.9 Å². The molecule has 0 fully saturated rings. The lowest BCUT2D eigenvalue weighted by atomic mass is 10.2. The van der Waals surface area contributed by atoms with E-state index in [9.17, 15) is 18.0 Å². The second-order valence-electron chi connectivity index (χ2n) is 6.11. The molecule has 0 radical (unpaired) electrons. The van der Waals surface area contributed by atoms with Crippen molar-refractivity contribution < 1.29 is 18.0 Å². The van der Waals surface area contributed by atoms with E-state index in [0.717, 1.165) is 0 Å². The number of amides is 2. The van der Waals surface area contributed by atoms with Crippen molar-refractivity contribution in [3.05, 3.63) is 59.6 Å². The first-order valence-corrected chi connectivity index (χ1v) is 10.5. The minimum Gasteiger partial charge on any atom is -0.355 e. The van der Waals surface area contributed by atoms with Crippen LogP contribution in [0.15, 0.2) is 59.5 Å². The lowest BCUT2D eigenvalue weighted by Crippen LogP contribution is -2.45. The molecule has 2 aromatic rings. The van der Waals surface area contributed by atoms with Crippen LogP contribution in [0.4, 0.5) is 5.69 Å². The Morgan fingerprint density at radius 1 is 1.04 bits per heavy atom.